The maximum Gasteiger partial charge on any atom is 0.128 e. The molecule has 0 bridgehead atoms. The van der Waals surface area contributed by atoms with Crippen LogP contribution in [0.25, 0.3) is 0 Å². The molecule has 0 radical (unpaired) electrons. The van der Waals surface area contributed by atoms with Gasteiger partial charge in [-0.25, -0.2) is 4.98 Å². The molecule has 2 nitrogen and oxygen atoms in total. The van der Waals surface area contributed by atoms with Crippen LogP contribution in [-0.2, 0) is 0 Å². The first-order chi connectivity index (χ1) is 8.16. The van der Waals surface area contributed by atoms with Gasteiger partial charge >= 0.3 is 0 Å². The number of nitrogens with zero attached hydrogens (tertiary/aromatic N) is 2. The molecular formula is C14H21BrN2. The summed E-state index contributed by atoms with van der Waals surface area (Å²) in [4.78, 5) is 7.06. The van der Waals surface area contributed by atoms with Gasteiger partial charge in [-0.05, 0) is 46.8 Å². The standard InChI is InChI=1S/C14H21BrN2/c1-11(2)10-17(13-5-3-4-6-13)14-8-7-12(15)9-16-14/h7-9,11,13H,3-6,10H2,1-2H3. The first-order valence-electron chi connectivity index (χ1n) is 6.55. The molecule has 0 aliphatic heterocycles. The lowest BCUT2D eigenvalue weighted by atomic mass is 10.1. The molecule has 1 aromatic rings. The van der Waals surface area contributed by atoms with Crippen LogP contribution in [-0.4, -0.2) is 17.6 Å². The Morgan fingerprint density at radius 3 is 2.59 bits per heavy atom. The van der Waals surface area contributed by atoms with Crippen LogP contribution in [0.5, 0.6) is 0 Å². The van der Waals surface area contributed by atoms with Gasteiger partial charge in [-0.1, -0.05) is 26.7 Å². The predicted molar refractivity (Wildman–Crippen MR) is 76.4 cm³/mol. The van der Waals surface area contributed by atoms with E-state index in [1.165, 1.54) is 25.7 Å². The Kier molecular flexibility index (Phi) is 4.43. The van der Waals surface area contributed by atoms with Gasteiger partial charge in [0.15, 0.2) is 0 Å². The van der Waals surface area contributed by atoms with Gasteiger partial charge in [0, 0.05) is 23.3 Å². The highest BCUT2D eigenvalue weighted by atomic mass is 79.9. The number of halogens is 1. The van der Waals surface area contributed by atoms with Crippen LogP contribution in [0.4, 0.5) is 5.82 Å². The molecule has 0 saturated heterocycles. The minimum atomic E-state index is 0.682. The maximum atomic E-state index is 4.56. The summed E-state index contributed by atoms with van der Waals surface area (Å²) in [7, 11) is 0. The van der Waals surface area contributed by atoms with Crippen LogP contribution >= 0.6 is 15.9 Å². The number of hydrogen-bond donors (Lipinski definition) is 0. The molecule has 0 spiro atoms. The van der Waals surface area contributed by atoms with Gasteiger partial charge in [0.2, 0.25) is 0 Å². The van der Waals surface area contributed by atoms with Crippen LogP contribution < -0.4 is 4.90 Å². The van der Waals surface area contributed by atoms with Crippen molar-refractivity contribution in [2.45, 2.75) is 45.6 Å². The first kappa shape index (κ1) is 12.9. The molecule has 1 saturated carbocycles. The van der Waals surface area contributed by atoms with Crippen molar-refractivity contribution in [3.63, 3.8) is 0 Å². The number of rotatable bonds is 4. The highest BCUT2D eigenvalue weighted by Gasteiger charge is 2.24. The third-order valence-electron chi connectivity index (χ3n) is 3.33. The van der Waals surface area contributed by atoms with Gasteiger partial charge < -0.3 is 4.90 Å². The van der Waals surface area contributed by atoms with E-state index in [1.54, 1.807) is 0 Å². The Balaban J connectivity index is 2.16. The van der Waals surface area contributed by atoms with Crippen molar-refractivity contribution in [1.82, 2.24) is 4.98 Å². The first-order valence-corrected chi connectivity index (χ1v) is 7.34. The average Bonchev–Trinajstić information content (AvgIpc) is 2.80. The minimum absolute atomic E-state index is 0.682. The minimum Gasteiger partial charge on any atom is -0.353 e. The van der Waals surface area contributed by atoms with Crippen LogP contribution in [0.3, 0.4) is 0 Å². The molecule has 0 atom stereocenters. The SMILES string of the molecule is CC(C)CN(c1ccc(Br)cn1)C1CCCC1. The number of pyridine rings is 1. The van der Waals surface area contributed by atoms with E-state index in [9.17, 15) is 0 Å². The van der Waals surface area contributed by atoms with E-state index >= 15 is 0 Å². The van der Waals surface area contributed by atoms with Gasteiger partial charge in [0.1, 0.15) is 5.82 Å². The van der Waals surface area contributed by atoms with Crippen LogP contribution in [0.2, 0.25) is 0 Å². The molecule has 0 N–H and O–H groups in total. The van der Waals surface area contributed by atoms with Gasteiger partial charge in [0.25, 0.3) is 0 Å². The summed E-state index contributed by atoms with van der Waals surface area (Å²) in [6.07, 6.45) is 7.29. The zero-order valence-electron chi connectivity index (χ0n) is 10.7. The summed E-state index contributed by atoms with van der Waals surface area (Å²) in [5.41, 5.74) is 0. The number of anilines is 1. The Bertz CT molecular complexity index is 342. The lowest BCUT2D eigenvalue weighted by Crippen LogP contribution is -2.36. The zero-order valence-corrected chi connectivity index (χ0v) is 12.3. The third kappa shape index (κ3) is 3.44. The van der Waals surface area contributed by atoms with Crippen molar-refractivity contribution >= 4 is 21.7 Å². The van der Waals surface area contributed by atoms with Crippen molar-refractivity contribution in [2.24, 2.45) is 5.92 Å². The van der Waals surface area contributed by atoms with Gasteiger partial charge in [-0.2, -0.15) is 0 Å². The Labute approximate surface area is 113 Å². The topological polar surface area (TPSA) is 16.1 Å². The van der Waals surface area contributed by atoms with Crippen LogP contribution in [0.1, 0.15) is 39.5 Å². The molecular weight excluding hydrogens is 276 g/mol. The summed E-state index contributed by atoms with van der Waals surface area (Å²) in [6.45, 7) is 5.67. The summed E-state index contributed by atoms with van der Waals surface area (Å²) < 4.78 is 1.05. The smallest absolute Gasteiger partial charge is 0.128 e. The maximum absolute atomic E-state index is 4.56. The van der Waals surface area contributed by atoms with E-state index in [4.69, 9.17) is 0 Å². The summed E-state index contributed by atoms with van der Waals surface area (Å²) in [5.74, 6) is 1.81. The van der Waals surface area contributed by atoms with E-state index < -0.39 is 0 Å². The molecule has 1 aliphatic rings. The quantitative estimate of drug-likeness (QED) is 0.826. The Hall–Kier alpha value is -0.570. The van der Waals surface area contributed by atoms with Gasteiger partial charge in [-0.3, -0.25) is 0 Å². The molecule has 94 valence electrons. The van der Waals surface area contributed by atoms with E-state index in [-0.39, 0.29) is 0 Å². The molecule has 3 heteroatoms. The molecule has 0 aromatic carbocycles. The molecule has 1 fully saturated rings. The fraction of sp³-hybridized carbons (Fsp3) is 0.643. The molecule has 1 aliphatic carbocycles. The molecule has 1 aromatic heterocycles. The lowest BCUT2D eigenvalue weighted by molar-refractivity contribution is 0.531. The predicted octanol–water partition coefficient (Wildman–Crippen LogP) is 4.25. The summed E-state index contributed by atoms with van der Waals surface area (Å²) in [5, 5.41) is 0. The average molecular weight is 297 g/mol. The fourth-order valence-electron chi connectivity index (χ4n) is 2.58. The second-order valence-corrected chi connectivity index (χ2v) is 6.23. The van der Waals surface area contributed by atoms with E-state index in [1.807, 2.05) is 6.20 Å². The Morgan fingerprint density at radius 2 is 2.06 bits per heavy atom. The second kappa shape index (κ2) is 5.85. The molecule has 17 heavy (non-hydrogen) atoms. The summed E-state index contributed by atoms with van der Waals surface area (Å²) >= 11 is 3.45. The molecule has 0 unspecified atom stereocenters. The normalized spacial score (nSPS) is 16.7. The van der Waals surface area contributed by atoms with Crippen molar-refractivity contribution in [3.8, 4) is 0 Å². The largest absolute Gasteiger partial charge is 0.353 e. The number of aromatic nitrogens is 1. The van der Waals surface area contributed by atoms with Gasteiger partial charge in [0.05, 0.1) is 0 Å². The lowest BCUT2D eigenvalue weighted by Gasteiger charge is -2.31. The molecule has 1 heterocycles. The van der Waals surface area contributed by atoms with E-state index in [0.29, 0.717) is 12.0 Å². The van der Waals surface area contributed by atoms with Gasteiger partial charge in [-0.15, -0.1) is 0 Å². The van der Waals surface area contributed by atoms with Crippen LogP contribution in [0.15, 0.2) is 22.8 Å². The van der Waals surface area contributed by atoms with E-state index in [2.05, 4.69) is 51.8 Å². The van der Waals surface area contributed by atoms with Crippen molar-refractivity contribution in [2.75, 3.05) is 11.4 Å². The monoisotopic (exact) mass is 296 g/mol. The second-order valence-electron chi connectivity index (χ2n) is 5.32. The fourth-order valence-corrected chi connectivity index (χ4v) is 2.81. The number of hydrogen-bond acceptors (Lipinski definition) is 2. The highest BCUT2D eigenvalue weighted by Crippen LogP contribution is 2.28. The third-order valence-corrected chi connectivity index (χ3v) is 3.80. The van der Waals surface area contributed by atoms with Crippen molar-refractivity contribution in [1.29, 1.82) is 0 Å². The van der Waals surface area contributed by atoms with Crippen molar-refractivity contribution < 1.29 is 0 Å². The summed E-state index contributed by atoms with van der Waals surface area (Å²) in [6, 6.07) is 4.92. The molecule has 2 rings (SSSR count). The van der Waals surface area contributed by atoms with Crippen molar-refractivity contribution in [3.05, 3.63) is 22.8 Å². The van der Waals surface area contributed by atoms with Crippen LogP contribution in [0, 0.1) is 5.92 Å². The Morgan fingerprint density at radius 1 is 1.35 bits per heavy atom. The van der Waals surface area contributed by atoms with E-state index in [0.717, 1.165) is 16.8 Å². The zero-order chi connectivity index (χ0) is 12.3. The molecule has 0 amide bonds. The highest BCUT2D eigenvalue weighted by molar-refractivity contribution is 9.10.